The number of aromatic nitrogens is 1. The van der Waals surface area contributed by atoms with E-state index >= 15 is 0 Å². The summed E-state index contributed by atoms with van der Waals surface area (Å²) in [5.41, 5.74) is 3.12. The number of pyridine rings is 1. The fourth-order valence-corrected chi connectivity index (χ4v) is 3.18. The molecule has 2 heterocycles. The van der Waals surface area contributed by atoms with Crippen molar-refractivity contribution in [2.24, 2.45) is 4.99 Å². The SMILES string of the molecule is CCNC(=NCc1ccccc1CN1CCOCC1)NCC(=O)Nc1cccnc1. The molecule has 2 aromatic rings. The van der Waals surface area contributed by atoms with Crippen LogP contribution in [0, 0.1) is 0 Å². The monoisotopic (exact) mass is 410 g/mol. The minimum atomic E-state index is -0.152. The Morgan fingerprint density at radius 2 is 1.93 bits per heavy atom. The number of anilines is 1. The largest absolute Gasteiger partial charge is 0.379 e. The highest BCUT2D eigenvalue weighted by Crippen LogP contribution is 2.14. The van der Waals surface area contributed by atoms with E-state index in [0.717, 1.165) is 32.8 Å². The Labute approximate surface area is 177 Å². The van der Waals surface area contributed by atoms with Crippen LogP contribution in [0.1, 0.15) is 18.1 Å². The number of guanidine groups is 1. The van der Waals surface area contributed by atoms with Gasteiger partial charge in [-0.3, -0.25) is 14.7 Å². The Balaban J connectivity index is 1.57. The van der Waals surface area contributed by atoms with E-state index in [4.69, 9.17) is 4.74 Å². The van der Waals surface area contributed by atoms with Crippen LogP contribution in [-0.4, -0.2) is 61.1 Å². The van der Waals surface area contributed by atoms with Crippen LogP contribution in [-0.2, 0) is 22.6 Å². The lowest BCUT2D eigenvalue weighted by molar-refractivity contribution is -0.115. The maximum absolute atomic E-state index is 12.2. The third kappa shape index (κ3) is 7.13. The number of morpholine rings is 1. The molecule has 1 aliphatic heterocycles. The highest BCUT2D eigenvalue weighted by molar-refractivity contribution is 5.94. The lowest BCUT2D eigenvalue weighted by Crippen LogP contribution is -2.41. The van der Waals surface area contributed by atoms with Gasteiger partial charge in [-0.25, -0.2) is 4.99 Å². The Morgan fingerprint density at radius 1 is 1.13 bits per heavy atom. The molecule has 0 radical (unpaired) electrons. The predicted octanol–water partition coefficient (Wildman–Crippen LogP) is 1.61. The van der Waals surface area contributed by atoms with Crippen molar-refractivity contribution in [3.63, 3.8) is 0 Å². The molecule has 1 fully saturated rings. The zero-order valence-corrected chi connectivity index (χ0v) is 17.4. The molecule has 30 heavy (non-hydrogen) atoms. The molecular weight excluding hydrogens is 380 g/mol. The van der Waals surface area contributed by atoms with E-state index in [1.165, 1.54) is 11.1 Å². The fourth-order valence-electron chi connectivity index (χ4n) is 3.18. The van der Waals surface area contributed by atoms with Gasteiger partial charge in [-0.2, -0.15) is 0 Å². The van der Waals surface area contributed by atoms with Gasteiger partial charge in [0.15, 0.2) is 5.96 Å². The normalized spacial score (nSPS) is 14.9. The molecule has 1 saturated heterocycles. The Bertz CT molecular complexity index is 821. The molecule has 1 aliphatic rings. The number of rotatable bonds is 8. The van der Waals surface area contributed by atoms with E-state index in [1.54, 1.807) is 24.5 Å². The second-order valence-electron chi connectivity index (χ2n) is 7.00. The molecule has 3 N–H and O–H groups in total. The standard InChI is InChI=1S/C22H30N6O2/c1-2-24-22(26-16-21(29)27-20-8-5-9-23-15-20)25-14-18-6-3-4-7-19(18)17-28-10-12-30-13-11-28/h3-9,15H,2,10-14,16-17H2,1H3,(H,27,29)(H2,24,25,26). The number of nitrogens with zero attached hydrogens (tertiary/aromatic N) is 3. The summed E-state index contributed by atoms with van der Waals surface area (Å²) in [7, 11) is 0. The second-order valence-corrected chi connectivity index (χ2v) is 7.00. The summed E-state index contributed by atoms with van der Waals surface area (Å²) in [5.74, 6) is 0.460. The second kappa shape index (κ2) is 11.9. The molecule has 8 nitrogen and oxygen atoms in total. The number of benzene rings is 1. The van der Waals surface area contributed by atoms with Crippen molar-refractivity contribution < 1.29 is 9.53 Å². The lowest BCUT2D eigenvalue weighted by Gasteiger charge is -2.27. The number of ether oxygens (including phenoxy) is 1. The zero-order chi connectivity index (χ0) is 21.0. The van der Waals surface area contributed by atoms with Crippen LogP contribution in [0.2, 0.25) is 0 Å². The molecule has 8 heteroatoms. The van der Waals surface area contributed by atoms with Gasteiger partial charge in [0.05, 0.1) is 38.2 Å². The number of nitrogens with one attached hydrogen (secondary N) is 3. The van der Waals surface area contributed by atoms with Gasteiger partial charge in [-0.05, 0) is 30.2 Å². The molecule has 0 atom stereocenters. The number of carbonyl (C=O) groups excluding carboxylic acids is 1. The van der Waals surface area contributed by atoms with Crippen molar-refractivity contribution in [1.82, 2.24) is 20.5 Å². The summed E-state index contributed by atoms with van der Waals surface area (Å²) in [6.45, 7) is 7.75. The molecule has 1 aromatic carbocycles. The van der Waals surface area contributed by atoms with Crippen molar-refractivity contribution in [2.45, 2.75) is 20.0 Å². The molecule has 0 aliphatic carbocycles. The first-order valence-corrected chi connectivity index (χ1v) is 10.3. The van der Waals surface area contributed by atoms with E-state index in [9.17, 15) is 4.79 Å². The average molecular weight is 411 g/mol. The maximum Gasteiger partial charge on any atom is 0.243 e. The first kappa shape index (κ1) is 21.7. The molecule has 160 valence electrons. The van der Waals surface area contributed by atoms with Crippen LogP contribution in [0.15, 0.2) is 53.8 Å². The summed E-state index contributed by atoms with van der Waals surface area (Å²) in [4.78, 5) is 23.2. The molecule has 0 bridgehead atoms. The van der Waals surface area contributed by atoms with Crippen molar-refractivity contribution in [3.8, 4) is 0 Å². The summed E-state index contributed by atoms with van der Waals surface area (Å²) in [6, 6.07) is 11.9. The topological polar surface area (TPSA) is 90.9 Å². The zero-order valence-electron chi connectivity index (χ0n) is 17.4. The Kier molecular flexibility index (Phi) is 8.62. The highest BCUT2D eigenvalue weighted by atomic mass is 16.5. The van der Waals surface area contributed by atoms with Crippen LogP contribution < -0.4 is 16.0 Å². The van der Waals surface area contributed by atoms with Gasteiger partial charge in [0, 0.05) is 32.4 Å². The van der Waals surface area contributed by atoms with Crippen LogP contribution in [0.25, 0.3) is 0 Å². The number of aliphatic imine (C=N–C) groups is 1. The van der Waals surface area contributed by atoms with Crippen molar-refractivity contribution in [3.05, 3.63) is 59.9 Å². The van der Waals surface area contributed by atoms with E-state index < -0.39 is 0 Å². The number of hydrogen-bond acceptors (Lipinski definition) is 5. The summed E-state index contributed by atoms with van der Waals surface area (Å²) < 4.78 is 5.44. The highest BCUT2D eigenvalue weighted by Gasteiger charge is 2.12. The molecular formula is C22H30N6O2. The summed E-state index contributed by atoms with van der Waals surface area (Å²) >= 11 is 0. The van der Waals surface area contributed by atoms with Gasteiger partial charge < -0.3 is 20.7 Å². The van der Waals surface area contributed by atoms with Crippen LogP contribution in [0.5, 0.6) is 0 Å². The van der Waals surface area contributed by atoms with Crippen molar-refractivity contribution >= 4 is 17.6 Å². The first-order chi connectivity index (χ1) is 14.7. The average Bonchev–Trinajstić information content (AvgIpc) is 2.78. The number of hydrogen-bond donors (Lipinski definition) is 3. The predicted molar refractivity (Wildman–Crippen MR) is 118 cm³/mol. The summed E-state index contributed by atoms with van der Waals surface area (Å²) in [6.07, 6.45) is 3.28. The van der Waals surface area contributed by atoms with Gasteiger partial charge in [0.25, 0.3) is 0 Å². The lowest BCUT2D eigenvalue weighted by atomic mass is 10.1. The van der Waals surface area contributed by atoms with Gasteiger partial charge in [0.2, 0.25) is 5.91 Å². The van der Waals surface area contributed by atoms with Gasteiger partial charge >= 0.3 is 0 Å². The fraction of sp³-hybridized carbons (Fsp3) is 0.409. The third-order valence-electron chi connectivity index (χ3n) is 4.73. The van der Waals surface area contributed by atoms with Crippen LogP contribution in [0.3, 0.4) is 0 Å². The summed E-state index contributed by atoms with van der Waals surface area (Å²) in [5, 5.41) is 9.09. The minimum Gasteiger partial charge on any atom is -0.379 e. The number of carbonyl (C=O) groups is 1. The van der Waals surface area contributed by atoms with Crippen LogP contribution in [0.4, 0.5) is 5.69 Å². The third-order valence-corrected chi connectivity index (χ3v) is 4.73. The molecule has 0 saturated carbocycles. The quantitative estimate of drug-likeness (QED) is 0.452. The Hall–Kier alpha value is -2.97. The molecule has 1 amide bonds. The smallest absolute Gasteiger partial charge is 0.243 e. The first-order valence-electron chi connectivity index (χ1n) is 10.3. The Morgan fingerprint density at radius 3 is 2.67 bits per heavy atom. The molecule has 0 spiro atoms. The van der Waals surface area contributed by atoms with E-state index in [1.807, 2.05) is 13.0 Å². The molecule has 1 aromatic heterocycles. The van der Waals surface area contributed by atoms with E-state index in [0.29, 0.717) is 24.7 Å². The van der Waals surface area contributed by atoms with Gasteiger partial charge in [-0.1, -0.05) is 24.3 Å². The minimum absolute atomic E-state index is 0.121. The molecule has 0 unspecified atom stereocenters. The van der Waals surface area contributed by atoms with Gasteiger partial charge in [0.1, 0.15) is 0 Å². The van der Waals surface area contributed by atoms with E-state index in [-0.39, 0.29) is 12.5 Å². The van der Waals surface area contributed by atoms with Gasteiger partial charge in [-0.15, -0.1) is 0 Å². The molecule has 3 rings (SSSR count). The van der Waals surface area contributed by atoms with Crippen molar-refractivity contribution in [1.29, 1.82) is 0 Å². The van der Waals surface area contributed by atoms with Crippen LogP contribution >= 0.6 is 0 Å². The van der Waals surface area contributed by atoms with E-state index in [2.05, 4.69) is 49.0 Å². The van der Waals surface area contributed by atoms with Crippen molar-refractivity contribution in [2.75, 3.05) is 44.7 Å². The number of amides is 1. The maximum atomic E-state index is 12.2.